The molecule has 18 heavy (non-hydrogen) atoms. The molecule has 0 spiro atoms. The second-order valence-corrected chi connectivity index (χ2v) is 4.69. The molecule has 1 heterocycles. The van der Waals surface area contributed by atoms with Crippen LogP contribution in [0.15, 0.2) is 11.1 Å². The van der Waals surface area contributed by atoms with E-state index in [-0.39, 0.29) is 11.4 Å². The van der Waals surface area contributed by atoms with Gasteiger partial charge in [0, 0.05) is 5.56 Å². The van der Waals surface area contributed by atoms with Gasteiger partial charge in [0.25, 0.3) is 10.0 Å². The Morgan fingerprint density at radius 2 is 1.94 bits per heavy atom. The number of rotatable bonds is 3. The summed E-state index contributed by atoms with van der Waals surface area (Å²) in [5.74, 6) is -1.16. The van der Waals surface area contributed by atoms with Crippen molar-refractivity contribution in [3.05, 3.63) is 11.6 Å². The molecule has 0 aliphatic rings. The van der Waals surface area contributed by atoms with Crippen LogP contribution in [0.3, 0.4) is 0 Å². The molecule has 1 aromatic heterocycles. The highest BCUT2D eigenvalue weighted by atomic mass is 32.2. The first-order chi connectivity index (χ1) is 8.04. The van der Waals surface area contributed by atoms with Gasteiger partial charge in [-0.3, -0.25) is 0 Å². The van der Waals surface area contributed by atoms with Crippen LogP contribution < -0.4 is 14.6 Å². The van der Waals surface area contributed by atoms with Crippen LogP contribution in [0.5, 0.6) is 11.6 Å². The van der Waals surface area contributed by atoms with E-state index in [2.05, 4.69) is 9.72 Å². The minimum Gasteiger partial charge on any atom is -0.481 e. The Bertz CT molecular complexity index is 556. The lowest BCUT2D eigenvalue weighted by Crippen LogP contribution is -2.22. The number of nitrogens with zero attached hydrogens (tertiary/aromatic N) is 1. The number of ether oxygens (including phenoxy) is 2. The standard InChI is InChI=1S/C8H9F3N2O4S/c1-4-3-5(17-8(9,10)11)7(18(12,14)15)13-6(4)16-2/h3H,1-2H3,(H2,12,14,15). The van der Waals surface area contributed by atoms with Crippen molar-refractivity contribution in [1.29, 1.82) is 0 Å². The van der Waals surface area contributed by atoms with Gasteiger partial charge in [0.05, 0.1) is 7.11 Å². The van der Waals surface area contributed by atoms with E-state index in [0.29, 0.717) is 0 Å². The number of halogens is 3. The molecule has 0 radical (unpaired) electrons. The Morgan fingerprint density at radius 1 is 1.39 bits per heavy atom. The lowest BCUT2D eigenvalue weighted by molar-refractivity contribution is -0.275. The number of sulfonamides is 1. The van der Waals surface area contributed by atoms with Crippen molar-refractivity contribution in [3.8, 4) is 11.6 Å². The first kappa shape index (κ1) is 14.5. The van der Waals surface area contributed by atoms with Gasteiger partial charge in [0.15, 0.2) is 5.75 Å². The fourth-order valence-corrected chi connectivity index (χ4v) is 1.76. The molecule has 0 aliphatic carbocycles. The first-order valence-electron chi connectivity index (χ1n) is 4.39. The second kappa shape index (κ2) is 4.61. The van der Waals surface area contributed by atoms with Crippen LogP contribution in [0.25, 0.3) is 0 Å². The molecular weight excluding hydrogens is 277 g/mol. The van der Waals surface area contributed by atoms with E-state index in [1.54, 1.807) is 0 Å². The zero-order chi connectivity index (χ0) is 14.1. The largest absolute Gasteiger partial charge is 0.573 e. The van der Waals surface area contributed by atoms with Crippen LogP contribution in [-0.4, -0.2) is 26.9 Å². The SMILES string of the molecule is COc1nc(S(N)(=O)=O)c(OC(F)(F)F)cc1C. The van der Waals surface area contributed by atoms with Crippen molar-refractivity contribution in [2.24, 2.45) is 5.14 Å². The molecule has 0 saturated carbocycles. The lowest BCUT2D eigenvalue weighted by atomic mass is 10.3. The van der Waals surface area contributed by atoms with E-state index >= 15 is 0 Å². The van der Waals surface area contributed by atoms with Gasteiger partial charge in [0.2, 0.25) is 10.9 Å². The van der Waals surface area contributed by atoms with E-state index in [9.17, 15) is 21.6 Å². The third kappa shape index (κ3) is 3.47. The number of aryl methyl sites for hydroxylation is 1. The Hall–Kier alpha value is -1.55. The molecule has 10 heteroatoms. The molecule has 6 nitrogen and oxygen atoms in total. The summed E-state index contributed by atoms with van der Waals surface area (Å²) < 4.78 is 66.8. The van der Waals surface area contributed by atoms with Crippen molar-refractivity contribution >= 4 is 10.0 Å². The quantitative estimate of drug-likeness (QED) is 0.893. The average molecular weight is 286 g/mol. The maximum absolute atomic E-state index is 12.1. The molecule has 0 bridgehead atoms. The van der Waals surface area contributed by atoms with Gasteiger partial charge in [0.1, 0.15) is 0 Å². The summed E-state index contributed by atoms with van der Waals surface area (Å²) in [4.78, 5) is 3.39. The van der Waals surface area contributed by atoms with Crippen LogP contribution in [0, 0.1) is 6.92 Å². The van der Waals surface area contributed by atoms with Gasteiger partial charge in [-0.05, 0) is 13.0 Å². The zero-order valence-electron chi connectivity index (χ0n) is 9.28. The average Bonchev–Trinajstić information content (AvgIpc) is 2.13. The van der Waals surface area contributed by atoms with Crippen molar-refractivity contribution < 1.29 is 31.1 Å². The van der Waals surface area contributed by atoms with Crippen LogP contribution in [-0.2, 0) is 10.0 Å². The summed E-state index contributed by atoms with van der Waals surface area (Å²) in [6.07, 6.45) is -5.05. The van der Waals surface area contributed by atoms with Crippen molar-refractivity contribution in [1.82, 2.24) is 4.98 Å². The monoisotopic (exact) mass is 286 g/mol. The molecule has 0 fully saturated rings. The number of methoxy groups -OCH3 is 1. The highest BCUT2D eigenvalue weighted by Crippen LogP contribution is 2.31. The first-order valence-corrected chi connectivity index (χ1v) is 5.93. The number of aromatic nitrogens is 1. The van der Waals surface area contributed by atoms with Crippen molar-refractivity contribution in [2.45, 2.75) is 18.3 Å². The van der Waals surface area contributed by atoms with Crippen molar-refractivity contribution in [2.75, 3.05) is 7.11 Å². The highest BCUT2D eigenvalue weighted by Gasteiger charge is 2.34. The summed E-state index contributed by atoms with van der Waals surface area (Å²) in [6, 6.07) is 0.832. The van der Waals surface area contributed by atoms with E-state index in [0.717, 1.165) is 6.07 Å². The van der Waals surface area contributed by atoms with Crippen LogP contribution in [0.2, 0.25) is 0 Å². The van der Waals surface area contributed by atoms with Crippen LogP contribution >= 0.6 is 0 Å². The molecule has 0 saturated heterocycles. The maximum Gasteiger partial charge on any atom is 0.573 e. The van der Waals surface area contributed by atoms with E-state index in [4.69, 9.17) is 9.88 Å². The number of pyridine rings is 1. The van der Waals surface area contributed by atoms with Gasteiger partial charge < -0.3 is 9.47 Å². The molecule has 1 aromatic rings. The van der Waals surface area contributed by atoms with Gasteiger partial charge in [-0.15, -0.1) is 13.2 Å². The molecule has 0 amide bonds. The van der Waals surface area contributed by atoms with E-state index in [1.807, 2.05) is 0 Å². The van der Waals surface area contributed by atoms with E-state index < -0.39 is 27.2 Å². The molecule has 2 N–H and O–H groups in total. The molecule has 1 rings (SSSR count). The summed E-state index contributed by atoms with van der Waals surface area (Å²) >= 11 is 0. The Labute approximate surface area is 101 Å². The fourth-order valence-electron chi connectivity index (χ4n) is 1.16. The summed E-state index contributed by atoms with van der Waals surface area (Å²) in [7, 11) is -3.28. The Kier molecular flexibility index (Phi) is 3.72. The minimum absolute atomic E-state index is 0.159. The third-order valence-electron chi connectivity index (χ3n) is 1.79. The molecule has 0 atom stereocenters. The van der Waals surface area contributed by atoms with Crippen molar-refractivity contribution in [3.63, 3.8) is 0 Å². The molecular formula is C8H9F3N2O4S. The highest BCUT2D eigenvalue weighted by molar-refractivity contribution is 7.89. The minimum atomic E-state index is -5.05. The lowest BCUT2D eigenvalue weighted by Gasteiger charge is -2.13. The maximum atomic E-state index is 12.1. The predicted molar refractivity (Wildman–Crippen MR) is 53.6 cm³/mol. The topological polar surface area (TPSA) is 91.5 Å². The second-order valence-electron chi connectivity index (χ2n) is 3.21. The summed E-state index contributed by atoms with van der Waals surface area (Å²) in [5.41, 5.74) is 0.171. The molecule has 102 valence electrons. The molecule has 0 aliphatic heterocycles. The fraction of sp³-hybridized carbons (Fsp3) is 0.375. The van der Waals surface area contributed by atoms with Gasteiger partial charge >= 0.3 is 6.36 Å². The van der Waals surface area contributed by atoms with Crippen LogP contribution in [0.4, 0.5) is 13.2 Å². The number of alkyl halides is 3. The molecule has 0 unspecified atom stereocenters. The van der Waals surface area contributed by atoms with Gasteiger partial charge in [-0.1, -0.05) is 0 Å². The van der Waals surface area contributed by atoms with Crippen LogP contribution in [0.1, 0.15) is 5.56 Å². The Balaban J connectivity index is 3.45. The Morgan fingerprint density at radius 3 is 2.33 bits per heavy atom. The van der Waals surface area contributed by atoms with E-state index in [1.165, 1.54) is 14.0 Å². The number of hydrogen-bond donors (Lipinski definition) is 1. The summed E-state index contributed by atoms with van der Waals surface area (Å²) in [5, 5.41) is 3.72. The van der Waals surface area contributed by atoms with Gasteiger partial charge in [-0.25, -0.2) is 13.6 Å². The van der Waals surface area contributed by atoms with Gasteiger partial charge in [-0.2, -0.15) is 4.98 Å². The number of primary sulfonamides is 1. The number of nitrogens with two attached hydrogens (primary N) is 1. The summed E-state index contributed by atoms with van der Waals surface area (Å²) in [6.45, 7) is 1.38. The third-order valence-corrected chi connectivity index (χ3v) is 2.62. The molecule has 0 aromatic carbocycles. The smallest absolute Gasteiger partial charge is 0.481 e. The normalized spacial score (nSPS) is 12.3. The number of hydrogen-bond acceptors (Lipinski definition) is 5. The predicted octanol–water partition coefficient (Wildman–Crippen LogP) is 0.945. The zero-order valence-corrected chi connectivity index (χ0v) is 10.1.